The summed E-state index contributed by atoms with van der Waals surface area (Å²) >= 11 is 0. The summed E-state index contributed by atoms with van der Waals surface area (Å²) < 4.78 is 28.5. The van der Waals surface area contributed by atoms with Gasteiger partial charge in [0.05, 0.1) is 9.80 Å². The van der Waals surface area contributed by atoms with Crippen LogP contribution in [0.25, 0.3) is 55.3 Å². The van der Waals surface area contributed by atoms with Crippen LogP contribution in [0.1, 0.15) is 4.11 Å². The van der Waals surface area contributed by atoms with Crippen molar-refractivity contribution in [2.24, 2.45) is 0 Å². The summed E-state index contributed by atoms with van der Waals surface area (Å²) in [5.41, 5.74) is 9.35. The van der Waals surface area contributed by atoms with E-state index in [1.54, 1.807) is 0 Å². The summed E-state index contributed by atoms with van der Waals surface area (Å²) in [6.45, 7) is 0. The van der Waals surface area contributed by atoms with Gasteiger partial charge in [-0.1, -0.05) is 164 Å². The molecule has 0 radical (unpaired) electrons. The van der Waals surface area contributed by atoms with Crippen LogP contribution < -0.4 is 4.90 Å². The lowest BCUT2D eigenvalue weighted by Gasteiger charge is -2.28. The molecule has 0 atom stereocenters. The highest BCUT2D eigenvalue weighted by Crippen LogP contribution is 2.44. The maximum absolute atomic E-state index is 9.62. The lowest BCUT2D eigenvalue weighted by Crippen LogP contribution is -2.11. The highest BCUT2D eigenvalue weighted by Gasteiger charge is 2.19. The molecule has 0 saturated carbocycles. The molecule has 0 spiro atoms. The summed E-state index contributed by atoms with van der Waals surface area (Å²) in [5.74, 6) is 0. The molecule has 0 aliphatic heterocycles. The minimum Gasteiger partial charge on any atom is -0.310 e. The number of anilines is 3. The topological polar surface area (TPSA) is 3.24 Å². The predicted octanol–water partition coefficient (Wildman–Crippen LogP) is 13.0. The zero-order chi connectivity index (χ0) is 34.0. The third-order valence-electron chi connectivity index (χ3n) is 8.58. The van der Waals surface area contributed by atoms with E-state index in [2.05, 4.69) is 84.9 Å². The number of rotatable bonds is 7. The van der Waals surface area contributed by atoms with Gasteiger partial charge in [0.15, 0.2) is 0 Å². The summed E-state index contributed by atoms with van der Waals surface area (Å²) in [6, 6.07) is 61.5. The Morgan fingerprint density at radius 2 is 0.894 bits per heavy atom. The van der Waals surface area contributed by atoms with Crippen LogP contribution in [-0.2, 0) is 0 Å². The third kappa shape index (κ3) is 5.60. The van der Waals surface area contributed by atoms with E-state index in [0.717, 1.165) is 44.8 Å². The van der Waals surface area contributed by atoms with Crippen molar-refractivity contribution in [3.05, 3.63) is 200 Å². The maximum Gasteiger partial charge on any atom is 0.0645 e. The van der Waals surface area contributed by atoms with E-state index in [1.165, 1.54) is 10.8 Å². The van der Waals surface area contributed by atoms with Gasteiger partial charge in [0.2, 0.25) is 0 Å². The number of para-hydroxylation sites is 1. The number of fused-ring (bicyclic) bond motifs is 1. The SMILES string of the molecule is [2H]c1c([2H])c(N(c2ccccc2)c2ccc(-c3c(-c4ccccc4)ccc4ccccc34)cc2)c(-c2ccccc2)c([2H])c1-c1ccccc1. The first-order chi connectivity index (χ1) is 24.6. The standard InChI is InChI=1S/C46H33N/c1-5-15-34(16-6-1)39-28-32-45(44(33-39)36-19-9-3-10-20-36)47(40-22-11-4-12-23-40)41-29-25-38(26-30-41)46-42-24-14-13-21-37(42)27-31-43(46)35-17-7-2-8-18-35/h1-33H/i28D,32D,33D. The maximum atomic E-state index is 9.62. The van der Waals surface area contributed by atoms with Crippen molar-refractivity contribution in [2.75, 3.05) is 4.90 Å². The molecule has 0 aromatic heterocycles. The van der Waals surface area contributed by atoms with Crippen molar-refractivity contribution in [3.8, 4) is 44.5 Å². The van der Waals surface area contributed by atoms with Crippen molar-refractivity contribution in [2.45, 2.75) is 0 Å². The van der Waals surface area contributed by atoms with E-state index in [0.29, 0.717) is 16.8 Å². The zero-order valence-electron chi connectivity index (χ0n) is 28.8. The van der Waals surface area contributed by atoms with E-state index in [-0.39, 0.29) is 18.1 Å². The number of nitrogens with zero attached hydrogens (tertiary/aromatic N) is 1. The second-order valence-electron chi connectivity index (χ2n) is 11.5. The molecule has 0 aliphatic carbocycles. The number of benzene rings is 8. The van der Waals surface area contributed by atoms with Crippen molar-refractivity contribution < 1.29 is 4.11 Å². The van der Waals surface area contributed by atoms with E-state index >= 15 is 0 Å². The van der Waals surface area contributed by atoms with Gasteiger partial charge in [0.1, 0.15) is 0 Å². The van der Waals surface area contributed by atoms with Crippen molar-refractivity contribution in [3.63, 3.8) is 0 Å². The fourth-order valence-corrected chi connectivity index (χ4v) is 6.33. The van der Waals surface area contributed by atoms with Crippen molar-refractivity contribution in [1.82, 2.24) is 0 Å². The predicted molar refractivity (Wildman–Crippen MR) is 200 cm³/mol. The zero-order valence-corrected chi connectivity index (χ0v) is 25.8. The molecule has 8 aromatic carbocycles. The fourth-order valence-electron chi connectivity index (χ4n) is 6.33. The minimum atomic E-state index is 0.0247. The Bertz CT molecular complexity index is 2430. The first kappa shape index (κ1) is 25.1. The van der Waals surface area contributed by atoms with Crippen LogP contribution in [0.15, 0.2) is 200 Å². The van der Waals surface area contributed by atoms with Crippen LogP contribution in [-0.4, -0.2) is 0 Å². The number of hydrogen-bond acceptors (Lipinski definition) is 1. The van der Waals surface area contributed by atoms with E-state index < -0.39 is 0 Å². The summed E-state index contributed by atoms with van der Waals surface area (Å²) in [7, 11) is 0. The third-order valence-corrected chi connectivity index (χ3v) is 8.58. The van der Waals surface area contributed by atoms with Gasteiger partial charge >= 0.3 is 0 Å². The minimum absolute atomic E-state index is 0.0247. The van der Waals surface area contributed by atoms with Crippen molar-refractivity contribution in [1.29, 1.82) is 0 Å². The van der Waals surface area contributed by atoms with Crippen LogP contribution in [0.3, 0.4) is 0 Å². The lowest BCUT2D eigenvalue weighted by atomic mass is 9.89. The summed E-state index contributed by atoms with van der Waals surface area (Å²) in [6.07, 6.45) is 0. The Morgan fingerprint density at radius 1 is 0.362 bits per heavy atom. The average molecular weight is 603 g/mol. The fraction of sp³-hybridized carbons (Fsp3) is 0. The Labute approximate surface area is 280 Å². The molecule has 0 saturated heterocycles. The van der Waals surface area contributed by atoms with Gasteiger partial charge in [0.25, 0.3) is 0 Å². The molecule has 0 amide bonds. The van der Waals surface area contributed by atoms with E-state index in [4.69, 9.17) is 0 Å². The first-order valence-corrected chi connectivity index (χ1v) is 15.9. The van der Waals surface area contributed by atoms with E-state index in [9.17, 15) is 4.11 Å². The normalized spacial score (nSPS) is 11.9. The monoisotopic (exact) mass is 602 g/mol. The van der Waals surface area contributed by atoms with Crippen molar-refractivity contribution >= 4 is 27.8 Å². The second-order valence-corrected chi connectivity index (χ2v) is 11.5. The average Bonchev–Trinajstić information content (AvgIpc) is 3.18. The van der Waals surface area contributed by atoms with Gasteiger partial charge in [-0.25, -0.2) is 0 Å². The van der Waals surface area contributed by atoms with Crippen LogP contribution in [0.5, 0.6) is 0 Å². The molecule has 222 valence electrons. The van der Waals surface area contributed by atoms with Gasteiger partial charge < -0.3 is 4.90 Å². The smallest absolute Gasteiger partial charge is 0.0645 e. The highest BCUT2D eigenvalue weighted by molar-refractivity contribution is 6.04. The Morgan fingerprint density at radius 3 is 1.55 bits per heavy atom. The lowest BCUT2D eigenvalue weighted by molar-refractivity contribution is 1.28. The molecule has 0 heterocycles. The molecule has 0 N–H and O–H groups in total. The van der Waals surface area contributed by atoms with Gasteiger partial charge in [0, 0.05) is 16.9 Å². The summed E-state index contributed by atoms with van der Waals surface area (Å²) in [4.78, 5) is 2.03. The Kier molecular flexibility index (Phi) is 6.76. The van der Waals surface area contributed by atoms with Crippen LogP contribution in [0.2, 0.25) is 0 Å². The number of hydrogen-bond donors (Lipinski definition) is 0. The molecule has 8 aromatic rings. The van der Waals surface area contributed by atoms with Gasteiger partial charge in [-0.15, -0.1) is 0 Å². The quantitative estimate of drug-likeness (QED) is 0.175. The summed E-state index contributed by atoms with van der Waals surface area (Å²) in [5, 5.41) is 2.35. The molecule has 47 heavy (non-hydrogen) atoms. The molecule has 0 bridgehead atoms. The molecule has 1 nitrogen and oxygen atoms in total. The van der Waals surface area contributed by atoms with Crippen LogP contribution >= 0.6 is 0 Å². The molecule has 0 aliphatic rings. The van der Waals surface area contributed by atoms with Gasteiger partial charge in [-0.05, 0) is 86.1 Å². The molecule has 1 heteroatoms. The Hall–Kier alpha value is -6.18. The molecule has 8 rings (SSSR count). The van der Waals surface area contributed by atoms with Crippen LogP contribution in [0, 0.1) is 0 Å². The highest BCUT2D eigenvalue weighted by atomic mass is 15.1. The molecular formula is C46H33N. The van der Waals surface area contributed by atoms with E-state index in [1.807, 2.05) is 102 Å². The first-order valence-electron chi connectivity index (χ1n) is 17.4. The molecule has 0 fully saturated rings. The Balaban J connectivity index is 1.36. The largest absolute Gasteiger partial charge is 0.310 e. The van der Waals surface area contributed by atoms with Gasteiger partial charge in [-0.3, -0.25) is 0 Å². The molecular weight excluding hydrogens is 567 g/mol. The van der Waals surface area contributed by atoms with Crippen LogP contribution in [0.4, 0.5) is 17.1 Å². The second kappa shape index (κ2) is 12.7. The molecule has 0 unspecified atom stereocenters. The van der Waals surface area contributed by atoms with Gasteiger partial charge in [-0.2, -0.15) is 0 Å².